The van der Waals surface area contributed by atoms with Crippen LogP contribution in [0.4, 0.5) is 0 Å². The summed E-state index contributed by atoms with van der Waals surface area (Å²) in [5, 5.41) is 1.17. The average molecular weight is 401 g/mol. The van der Waals surface area contributed by atoms with E-state index in [1.54, 1.807) is 0 Å². The maximum absolute atomic E-state index is 12.7. The Morgan fingerprint density at radius 1 is 1.04 bits per heavy atom. The number of halogens is 1. The van der Waals surface area contributed by atoms with Crippen molar-refractivity contribution in [3.63, 3.8) is 0 Å². The number of carbonyl (C=O) groups is 1. The molecule has 0 atom stereocenters. The van der Waals surface area contributed by atoms with Gasteiger partial charge >= 0.3 is 5.16 Å². The van der Waals surface area contributed by atoms with Crippen molar-refractivity contribution in [3.8, 4) is 11.3 Å². The van der Waals surface area contributed by atoms with E-state index in [0.717, 1.165) is 29.1 Å². The molecule has 0 radical (unpaired) electrons. The number of benzene rings is 2. The fraction of sp³-hybridized carbons (Fsp3) is 0.158. The van der Waals surface area contributed by atoms with Crippen LogP contribution in [0, 0.1) is 0 Å². The molecule has 1 aliphatic heterocycles. The van der Waals surface area contributed by atoms with Gasteiger partial charge in [0.25, 0.3) is 0 Å². The number of imidazole rings is 1. The summed E-state index contributed by atoms with van der Waals surface area (Å²) in [6.07, 6.45) is 2.17. The number of aryl methyl sites for hydroxylation is 1. The molecule has 4 rings (SSSR count). The zero-order valence-corrected chi connectivity index (χ0v) is 15.5. The Hall–Kier alpha value is -1.85. The van der Waals surface area contributed by atoms with Gasteiger partial charge in [-0.15, -0.1) is 0 Å². The third kappa shape index (κ3) is 3.19. The van der Waals surface area contributed by atoms with Crippen LogP contribution < -0.4 is 21.5 Å². The van der Waals surface area contributed by atoms with Gasteiger partial charge in [-0.2, -0.15) is 0 Å². The highest BCUT2D eigenvalue weighted by molar-refractivity contribution is 7.99. The van der Waals surface area contributed by atoms with Gasteiger partial charge in [-0.1, -0.05) is 60.7 Å². The zero-order chi connectivity index (χ0) is 15.6. The molecule has 1 aliphatic rings. The molecule has 24 heavy (non-hydrogen) atoms. The highest BCUT2D eigenvalue weighted by Gasteiger charge is 2.30. The molecule has 3 aromatic rings. The van der Waals surface area contributed by atoms with Crippen LogP contribution in [0.5, 0.6) is 0 Å². The summed E-state index contributed by atoms with van der Waals surface area (Å²) in [6, 6.07) is 19.8. The van der Waals surface area contributed by atoms with Crippen molar-refractivity contribution >= 4 is 17.5 Å². The monoisotopic (exact) mass is 400 g/mol. The summed E-state index contributed by atoms with van der Waals surface area (Å²) in [4.78, 5) is 12.7. The van der Waals surface area contributed by atoms with Crippen molar-refractivity contribution in [3.05, 3.63) is 72.4 Å². The number of ketones is 1. The molecule has 0 aliphatic carbocycles. The van der Waals surface area contributed by atoms with E-state index in [1.807, 2.05) is 60.3 Å². The van der Waals surface area contributed by atoms with E-state index >= 15 is 0 Å². The second kappa shape index (κ2) is 7.36. The summed E-state index contributed by atoms with van der Waals surface area (Å²) in [5.74, 6) is 1.22. The Balaban J connectivity index is 0.00000169. The molecule has 0 saturated carbocycles. The number of hydrogen-bond acceptors (Lipinski definition) is 2. The SMILES string of the molecule is O=C(Cn1c(-c2ccccc2)c[n+]2c1SCC2)c1ccccc1.[Br-]. The first kappa shape index (κ1) is 17.0. The van der Waals surface area contributed by atoms with Crippen LogP contribution in [-0.4, -0.2) is 16.1 Å². The summed E-state index contributed by atoms with van der Waals surface area (Å²) in [7, 11) is 0. The van der Waals surface area contributed by atoms with Gasteiger partial charge < -0.3 is 17.0 Å². The number of fused-ring (bicyclic) bond motifs is 1. The third-order valence-corrected chi connectivity index (χ3v) is 5.18. The van der Waals surface area contributed by atoms with Crippen molar-refractivity contribution in [2.45, 2.75) is 18.2 Å². The molecule has 0 amide bonds. The molecule has 0 bridgehead atoms. The van der Waals surface area contributed by atoms with Crippen LogP contribution in [0.25, 0.3) is 11.3 Å². The fourth-order valence-electron chi connectivity index (χ4n) is 2.94. The van der Waals surface area contributed by atoms with E-state index in [9.17, 15) is 4.79 Å². The summed E-state index contributed by atoms with van der Waals surface area (Å²) in [5.41, 5.74) is 3.02. The number of carbonyl (C=O) groups excluding carboxylic acids is 1. The smallest absolute Gasteiger partial charge is 0.319 e. The fourth-order valence-corrected chi connectivity index (χ4v) is 4.04. The quantitative estimate of drug-likeness (QED) is 0.469. The molecule has 0 saturated heterocycles. The standard InChI is InChI=1S/C19H17N2OS.BrH/c22-18(16-9-5-2-6-10-16)14-21-17(15-7-3-1-4-8-15)13-20-11-12-23-19(20)21;/h1-10,13H,11-12,14H2;1H/q+1;/p-1. The van der Waals surface area contributed by atoms with Crippen molar-refractivity contribution in [1.82, 2.24) is 4.57 Å². The minimum Gasteiger partial charge on any atom is -1.00 e. The minimum atomic E-state index is 0. The van der Waals surface area contributed by atoms with Gasteiger partial charge in [-0.25, -0.2) is 9.13 Å². The second-order valence-electron chi connectivity index (χ2n) is 5.58. The van der Waals surface area contributed by atoms with Crippen LogP contribution >= 0.6 is 11.8 Å². The van der Waals surface area contributed by atoms with Gasteiger partial charge in [0.15, 0.2) is 12.2 Å². The normalized spacial score (nSPS) is 12.5. The van der Waals surface area contributed by atoms with E-state index in [-0.39, 0.29) is 22.8 Å². The predicted octanol–water partition coefficient (Wildman–Crippen LogP) is 0.435. The molecule has 0 fully saturated rings. The first-order valence-electron chi connectivity index (χ1n) is 7.72. The molecule has 2 heterocycles. The zero-order valence-electron chi connectivity index (χ0n) is 13.1. The van der Waals surface area contributed by atoms with Crippen LogP contribution in [-0.2, 0) is 13.1 Å². The second-order valence-corrected chi connectivity index (χ2v) is 6.64. The van der Waals surface area contributed by atoms with Crippen molar-refractivity contribution < 1.29 is 26.3 Å². The predicted molar refractivity (Wildman–Crippen MR) is 91.6 cm³/mol. The Kier molecular flexibility index (Phi) is 5.21. The highest BCUT2D eigenvalue weighted by Crippen LogP contribution is 2.28. The average Bonchev–Trinajstić information content (AvgIpc) is 3.19. The molecular formula is C19H17BrN2OS. The topological polar surface area (TPSA) is 25.9 Å². The Morgan fingerprint density at radius 3 is 2.42 bits per heavy atom. The Bertz CT molecular complexity index is 847. The lowest BCUT2D eigenvalue weighted by molar-refractivity contribution is -0.723. The number of nitrogens with zero attached hydrogens (tertiary/aromatic N) is 2. The van der Waals surface area contributed by atoms with Crippen molar-refractivity contribution in [2.75, 3.05) is 5.75 Å². The number of rotatable bonds is 4. The van der Waals surface area contributed by atoms with E-state index < -0.39 is 0 Å². The van der Waals surface area contributed by atoms with E-state index in [2.05, 4.69) is 27.5 Å². The van der Waals surface area contributed by atoms with E-state index in [4.69, 9.17) is 0 Å². The molecule has 0 N–H and O–H groups in total. The first-order chi connectivity index (χ1) is 11.3. The maximum atomic E-state index is 12.7. The van der Waals surface area contributed by atoms with Crippen molar-refractivity contribution in [1.29, 1.82) is 0 Å². The molecule has 5 heteroatoms. The third-order valence-electron chi connectivity index (χ3n) is 4.08. The summed E-state index contributed by atoms with van der Waals surface area (Å²) < 4.78 is 4.41. The minimum absolute atomic E-state index is 0. The number of aromatic nitrogens is 2. The lowest BCUT2D eigenvalue weighted by atomic mass is 10.1. The largest absolute Gasteiger partial charge is 1.00 e. The first-order valence-corrected chi connectivity index (χ1v) is 8.71. The van der Waals surface area contributed by atoms with Crippen LogP contribution in [0.3, 0.4) is 0 Å². The van der Waals surface area contributed by atoms with Gasteiger partial charge in [0.2, 0.25) is 5.78 Å². The Labute approximate surface area is 156 Å². The van der Waals surface area contributed by atoms with Gasteiger partial charge in [0, 0.05) is 16.9 Å². The van der Waals surface area contributed by atoms with Crippen LogP contribution in [0.1, 0.15) is 10.4 Å². The van der Waals surface area contributed by atoms with Gasteiger partial charge in [-0.05, 0) is 11.8 Å². The molecule has 1 aromatic heterocycles. The van der Waals surface area contributed by atoms with Gasteiger partial charge in [0.05, 0.1) is 0 Å². The number of Topliss-reactive ketones (excluding diaryl/α,β-unsaturated/α-hetero) is 1. The van der Waals surface area contributed by atoms with E-state index in [0.29, 0.717) is 6.54 Å². The Morgan fingerprint density at radius 2 is 1.71 bits per heavy atom. The molecule has 122 valence electrons. The highest BCUT2D eigenvalue weighted by atomic mass is 79.9. The van der Waals surface area contributed by atoms with Crippen LogP contribution in [0.2, 0.25) is 0 Å². The van der Waals surface area contributed by atoms with E-state index in [1.165, 1.54) is 5.16 Å². The maximum Gasteiger partial charge on any atom is 0.319 e. The molecule has 0 spiro atoms. The summed E-state index contributed by atoms with van der Waals surface area (Å²) >= 11 is 1.82. The van der Waals surface area contributed by atoms with Gasteiger partial charge in [0.1, 0.15) is 12.7 Å². The molecule has 3 nitrogen and oxygen atoms in total. The van der Waals surface area contributed by atoms with Crippen LogP contribution in [0.15, 0.2) is 72.0 Å². The van der Waals surface area contributed by atoms with Crippen molar-refractivity contribution in [2.24, 2.45) is 0 Å². The number of hydrogen-bond donors (Lipinski definition) is 0. The molecular weight excluding hydrogens is 384 g/mol. The number of thioether (sulfide) groups is 1. The summed E-state index contributed by atoms with van der Waals surface area (Å²) in [6.45, 7) is 1.38. The molecule has 0 unspecified atom stereocenters. The lowest BCUT2D eigenvalue weighted by Gasteiger charge is -2.04. The molecule has 2 aromatic carbocycles. The lowest BCUT2D eigenvalue weighted by Crippen LogP contribution is -3.00. The van der Waals surface area contributed by atoms with Gasteiger partial charge in [-0.3, -0.25) is 4.79 Å².